The van der Waals surface area contributed by atoms with Gasteiger partial charge in [-0.1, -0.05) is 13.8 Å². The molecule has 0 saturated carbocycles. The second-order valence-corrected chi connectivity index (χ2v) is 6.56. The summed E-state index contributed by atoms with van der Waals surface area (Å²) in [4.78, 5) is 13.8. The van der Waals surface area contributed by atoms with E-state index < -0.39 is 0 Å². The lowest BCUT2D eigenvalue weighted by Crippen LogP contribution is -2.45. The number of piperidine rings is 1. The Kier molecular flexibility index (Phi) is 5.94. The first-order valence-corrected chi connectivity index (χ1v) is 7.99. The molecule has 1 aliphatic heterocycles. The fourth-order valence-corrected chi connectivity index (χ4v) is 2.78. The second kappa shape index (κ2) is 7.71. The molecule has 5 nitrogen and oxygen atoms in total. The van der Waals surface area contributed by atoms with E-state index >= 15 is 0 Å². The molecule has 0 radical (unpaired) electrons. The van der Waals surface area contributed by atoms with Crippen molar-refractivity contribution in [3.8, 4) is 0 Å². The molecule has 1 aromatic rings. The van der Waals surface area contributed by atoms with E-state index in [0.717, 1.165) is 31.1 Å². The van der Waals surface area contributed by atoms with Crippen molar-refractivity contribution in [2.24, 2.45) is 5.92 Å². The van der Waals surface area contributed by atoms with Gasteiger partial charge in [0.2, 0.25) is 0 Å². The van der Waals surface area contributed by atoms with Crippen molar-refractivity contribution in [2.45, 2.75) is 39.3 Å². The number of rotatable bonds is 6. The van der Waals surface area contributed by atoms with Crippen LogP contribution in [0.3, 0.4) is 0 Å². The van der Waals surface area contributed by atoms with Crippen LogP contribution in [0.5, 0.6) is 0 Å². The van der Waals surface area contributed by atoms with Crippen LogP contribution in [0, 0.1) is 5.92 Å². The topological polar surface area (TPSA) is 44.3 Å². The van der Waals surface area contributed by atoms with Crippen LogP contribution in [0.1, 0.15) is 32.4 Å². The lowest BCUT2D eigenvalue weighted by Gasteiger charge is -2.36. The SMILES string of the molecule is CC(C)CNCc1cncc(N(C)C2CCCN(C)C2)n1. The van der Waals surface area contributed by atoms with E-state index in [1.54, 1.807) is 0 Å². The van der Waals surface area contributed by atoms with Gasteiger partial charge in [0.25, 0.3) is 0 Å². The van der Waals surface area contributed by atoms with Crippen molar-refractivity contribution in [3.63, 3.8) is 0 Å². The van der Waals surface area contributed by atoms with Gasteiger partial charge in [-0.15, -0.1) is 0 Å². The number of hydrogen-bond donors (Lipinski definition) is 1. The molecule has 1 N–H and O–H groups in total. The Bertz CT molecular complexity index is 434. The molecule has 0 amide bonds. The van der Waals surface area contributed by atoms with Gasteiger partial charge in [-0.2, -0.15) is 0 Å². The summed E-state index contributed by atoms with van der Waals surface area (Å²) in [5.74, 6) is 1.64. The Balaban J connectivity index is 1.95. The third-order valence-electron chi connectivity index (χ3n) is 4.04. The maximum atomic E-state index is 4.75. The Hall–Kier alpha value is -1.20. The normalized spacial score (nSPS) is 20.0. The Labute approximate surface area is 128 Å². The van der Waals surface area contributed by atoms with Crippen molar-refractivity contribution >= 4 is 5.82 Å². The molecule has 1 fully saturated rings. The van der Waals surface area contributed by atoms with Crippen LogP contribution in [0.15, 0.2) is 12.4 Å². The van der Waals surface area contributed by atoms with Crippen LogP contribution in [-0.4, -0.2) is 54.6 Å². The lowest BCUT2D eigenvalue weighted by molar-refractivity contribution is 0.247. The number of likely N-dealkylation sites (tertiary alicyclic amines) is 1. The second-order valence-electron chi connectivity index (χ2n) is 6.56. The standard InChI is InChI=1S/C16H29N5/c1-13(2)8-17-9-14-10-18-11-16(19-14)21(4)15-6-5-7-20(3)12-15/h10-11,13,15,17H,5-9,12H2,1-4H3. The van der Waals surface area contributed by atoms with Gasteiger partial charge in [0.15, 0.2) is 0 Å². The first-order chi connectivity index (χ1) is 10.1. The molecule has 0 aliphatic carbocycles. The Morgan fingerprint density at radius 1 is 1.43 bits per heavy atom. The van der Waals surface area contributed by atoms with Crippen LogP contribution in [0.4, 0.5) is 5.82 Å². The zero-order valence-electron chi connectivity index (χ0n) is 13.8. The van der Waals surface area contributed by atoms with E-state index in [1.807, 2.05) is 12.4 Å². The molecule has 1 aromatic heterocycles. The van der Waals surface area contributed by atoms with Crippen LogP contribution < -0.4 is 10.2 Å². The number of likely N-dealkylation sites (N-methyl/N-ethyl adjacent to an activating group) is 2. The van der Waals surface area contributed by atoms with Crippen molar-refractivity contribution in [2.75, 3.05) is 38.6 Å². The average molecular weight is 291 g/mol. The highest BCUT2D eigenvalue weighted by Crippen LogP contribution is 2.18. The van der Waals surface area contributed by atoms with Crippen LogP contribution in [-0.2, 0) is 6.54 Å². The van der Waals surface area contributed by atoms with E-state index in [9.17, 15) is 0 Å². The van der Waals surface area contributed by atoms with Crippen molar-refractivity contribution in [1.82, 2.24) is 20.2 Å². The van der Waals surface area contributed by atoms with Gasteiger partial charge in [-0.25, -0.2) is 4.98 Å². The third kappa shape index (κ3) is 4.93. The van der Waals surface area contributed by atoms with Gasteiger partial charge in [-0.3, -0.25) is 4.98 Å². The highest BCUT2D eigenvalue weighted by molar-refractivity contribution is 5.37. The summed E-state index contributed by atoms with van der Waals surface area (Å²) in [6.45, 7) is 8.53. The molecule has 1 saturated heterocycles. The fourth-order valence-electron chi connectivity index (χ4n) is 2.78. The van der Waals surface area contributed by atoms with Crippen molar-refractivity contribution in [1.29, 1.82) is 0 Å². The molecule has 118 valence electrons. The summed E-state index contributed by atoms with van der Waals surface area (Å²) in [5.41, 5.74) is 1.02. The monoisotopic (exact) mass is 291 g/mol. The molecule has 1 atom stereocenters. The predicted octanol–water partition coefficient (Wildman–Crippen LogP) is 1.75. The first kappa shape index (κ1) is 16.2. The minimum absolute atomic E-state index is 0.539. The van der Waals surface area contributed by atoms with Crippen molar-refractivity contribution in [3.05, 3.63) is 18.1 Å². The minimum Gasteiger partial charge on any atom is -0.354 e. The molecule has 0 spiro atoms. The summed E-state index contributed by atoms with van der Waals surface area (Å²) in [6, 6.07) is 0.539. The van der Waals surface area contributed by atoms with Gasteiger partial charge in [0, 0.05) is 32.4 Å². The van der Waals surface area contributed by atoms with Gasteiger partial charge in [0.05, 0.1) is 11.9 Å². The summed E-state index contributed by atoms with van der Waals surface area (Å²) < 4.78 is 0. The molecular formula is C16H29N5. The third-order valence-corrected chi connectivity index (χ3v) is 4.04. The molecule has 21 heavy (non-hydrogen) atoms. The molecule has 2 rings (SSSR count). The van der Waals surface area contributed by atoms with Crippen LogP contribution >= 0.6 is 0 Å². The van der Waals surface area contributed by atoms with E-state index in [2.05, 4.69) is 48.0 Å². The van der Waals surface area contributed by atoms with Crippen LogP contribution in [0.2, 0.25) is 0 Å². The van der Waals surface area contributed by atoms with Crippen LogP contribution in [0.25, 0.3) is 0 Å². The maximum absolute atomic E-state index is 4.75. The summed E-state index contributed by atoms with van der Waals surface area (Å²) in [6.07, 6.45) is 6.23. The molecular weight excluding hydrogens is 262 g/mol. The highest BCUT2D eigenvalue weighted by Gasteiger charge is 2.22. The summed E-state index contributed by atoms with van der Waals surface area (Å²) in [5, 5.41) is 3.42. The zero-order valence-corrected chi connectivity index (χ0v) is 13.8. The molecule has 0 aromatic carbocycles. The van der Waals surface area contributed by atoms with Gasteiger partial charge >= 0.3 is 0 Å². The Morgan fingerprint density at radius 2 is 2.24 bits per heavy atom. The number of hydrogen-bond acceptors (Lipinski definition) is 5. The van der Waals surface area contributed by atoms with Gasteiger partial charge in [-0.05, 0) is 38.9 Å². The van der Waals surface area contributed by atoms with E-state index in [1.165, 1.54) is 19.4 Å². The number of nitrogens with one attached hydrogen (secondary N) is 1. The largest absolute Gasteiger partial charge is 0.354 e. The molecule has 5 heteroatoms. The minimum atomic E-state index is 0.539. The molecule has 1 unspecified atom stereocenters. The number of aromatic nitrogens is 2. The van der Waals surface area contributed by atoms with Gasteiger partial charge in [0.1, 0.15) is 5.82 Å². The molecule has 0 bridgehead atoms. The first-order valence-electron chi connectivity index (χ1n) is 7.99. The summed E-state index contributed by atoms with van der Waals surface area (Å²) >= 11 is 0. The quantitative estimate of drug-likeness (QED) is 0.865. The highest BCUT2D eigenvalue weighted by atomic mass is 15.2. The molecule has 1 aliphatic rings. The van der Waals surface area contributed by atoms with E-state index in [-0.39, 0.29) is 0 Å². The summed E-state index contributed by atoms with van der Waals surface area (Å²) in [7, 11) is 4.33. The fraction of sp³-hybridized carbons (Fsp3) is 0.750. The van der Waals surface area contributed by atoms with Crippen molar-refractivity contribution < 1.29 is 0 Å². The maximum Gasteiger partial charge on any atom is 0.147 e. The predicted molar refractivity (Wildman–Crippen MR) is 87.5 cm³/mol. The van der Waals surface area contributed by atoms with Gasteiger partial charge < -0.3 is 15.1 Å². The number of nitrogens with zero attached hydrogens (tertiary/aromatic N) is 4. The van der Waals surface area contributed by atoms with E-state index in [4.69, 9.17) is 4.98 Å². The molecule has 2 heterocycles. The average Bonchev–Trinajstić information content (AvgIpc) is 2.46. The zero-order chi connectivity index (χ0) is 15.2. The lowest BCUT2D eigenvalue weighted by atomic mass is 10.1. The Morgan fingerprint density at radius 3 is 2.95 bits per heavy atom. The smallest absolute Gasteiger partial charge is 0.147 e. The number of anilines is 1. The van der Waals surface area contributed by atoms with E-state index in [0.29, 0.717) is 12.0 Å².